The summed E-state index contributed by atoms with van der Waals surface area (Å²) in [6.45, 7) is 1.05. The van der Waals surface area contributed by atoms with Crippen LogP contribution < -0.4 is 5.32 Å². The molecule has 1 saturated carbocycles. The average molecular weight is 320 g/mol. The lowest BCUT2D eigenvalue weighted by atomic mass is 9.89. The van der Waals surface area contributed by atoms with Gasteiger partial charge in [-0.3, -0.25) is 9.97 Å². The molecule has 0 aliphatic heterocycles. The van der Waals surface area contributed by atoms with Crippen molar-refractivity contribution in [3.05, 3.63) is 29.0 Å². The maximum atomic E-state index is 4.47. The van der Waals surface area contributed by atoms with Crippen LogP contribution in [0, 0.1) is 5.92 Å². The zero-order valence-corrected chi connectivity index (χ0v) is 12.5. The minimum Gasteiger partial charge on any atom is -0.383 e. The standard InChI is InChI=1S/C15H18BrN3/c16-12-8-14-15(19-10-12)13(6-7-17-14)18-9-11-4-2-1-3-5-11/h6-8,10-11H,1-5,9H2,(H,17,18). The highest BCUT2D eigenvalue weighted by atomic mass is 79.9. The molecular weight excluding hydrogens is 302 g/mol. The molecule has 0 atom stereocenters. The van der Waals surface area contributed by atoms with Crippen molar-refractivity contribution in [3.63, 3.8) is 0 Å². The summed E-state index contributed by atoms with van der Waals surface area (Å²) in [7, 11) is 0. The molecule has 4 heteroatoms. The number of fused-ring (bicyclic) bond motifs is 1. The quantitative estimate of drug-likeness (QED) is 0.912. The minimum absolute atomic E-state index is 0.812. The zero-order valence-electron chi connectivity index (χ0n) is 10.9. The third-order valence-electron chi connectivity index (χ3n) is 3.85. The van der Waals surface area contributed by atoms with Gasteiger partial charge in [-0.05, 0) is 46.8 Å². The summed E-state index contributed by atoms with van der Waals surface area (Å²) in [6, 6.07) is 4.03. The molecule has 0 aromatic carbocycles. The van der Waals surface area contributed by atoms with E-state index >= 15 is 0 Å². The van der Waals surface area contributed by atoms with Gasteiger partial charge in [-0.2, -0.15) is 0 Å². The lowest BCUT2D eigenvalue weighted by Gasteiger charge is -2.22. The molecule has 2 aromatic heterocycles. The zero-order chi connectivity index (χ0) is 13.1. The van der Waals surface area contributed by atoms with E-state index in [1.165, 1.54) is 32.1 Å². The average Bonchev–Trinajstić information content (AvgIpc) is 2.45. The Morgan fingerprint density at radius 2 is 2.05 bits per heavy atom. The first-order valence-electron chi connectivity index (χ1n) is 6.97. The summed E-state index contributed by atoms with van der Waals surface area (Å²) >= 11 is 3.44. The largest absolute Gasteiger partial charge is 0.383 e. The normalized spacial score (nSPS) is 16.7. The first-order valence-corrected chi connectivity index (χ1v) is 7.76. The van der Waals surface area contributed by atoms with Crippen LogP contribution in [-0.4, -0.2) is 16.5 Å². The molecule has 0 radical (unpaired) electrons. The molecule has 0 saturated heterocycles. The van der Waals surface area contributed by atoms with Crippen LogP contribution in [0.15, 0.2) is 29.0 Å². The molecule has 1 aliphatic carbocycles. The van der Waals surface area contributed by atoms with Crippen LogP contribution in [0.3, 0.4) is 0 Å². The van der Waals surface area contributed by atoms with Crippen molar-refractivity contribution in [1.82, 2.24) is 9.97 Å². The molecule has 2 heterocycles. The van der Waals surface area contributed by atoms with Crippen molar-refractivity contribution in [2.24, 2.45) is 5.92 Å². The Morgan fingerprint density at radius 1 is 1.21 bits per heavy atom. The van der Waals surface area contributed by atoms with Gasteiger partial charge in [-0.15, -0.1) is 0 Å². The van der Waals surface area contributed by atoms with E-state index in [0.717, 1.165) is 33.7 Å². The molecule has 3 rings (SSSR count). The first-order chi connectivity index (χ1) is 9.33. The molecule has 0 bridgehead atoms. The van der Waals surface area contributed by atoms with Crippen LogP contribution in [-0.2, 0) is 0 Å². The van der Waals surface area contributed by atoms with Crippen LogP contribution >= 0.6 is 15.9 Å². The number of nitrogens with one attached hydrogen (secondary N) is 1. The molecule has 3 nitrogen and oxygen atoms in total. The van der Waals surface area contributed by atoms with Crippen molar-refractivity contribution in [3.8, 4) is 0 Å². The number of aromatic nitrogens is 2. The van der Waals surface area contributed by atoms with Crippen molar-refractivity contribution < 1.29 is 0 Å². The summed E-state index contributed by atoms with van der Waals surface area (Å²) in [6.07, 6.45) is 10.6. The van der Waals surface area contributed by atoms with E-state index in [1.807, 2.05) is 24.5 Å². The van der Waals surface area contributed by atoms with Gasteiger partial charge >= 0.3 is 0 Å². The van der Waals surface area contributed by atoms with Crippen LogP contribution in [0.5, 0.6) is 0 Å². The molecule has 0 unspecified atom stereocenters. The predicted molar refractivity (Wildman–Crippen MR) is 82.3 cm³/mol. The van der Waals surface area contributed by atoms with E-state index in [2.05, 4.69) is 31.2 Å². The van der Waals surface area contributed by atoms with E-state index in [1.54, 1.807) is 0 Å². The second-order valence-electron chi connectivity index (χ2n) is 5.26. The lowest BCUT2D eigenvalue weighted by Crippen LogP contribution is -2.17. The first kappa shape index (κ1) is 12.9. The summed E-state index contributed by atoms with van der Waals surface area (Å²) in [5.74, 6) is 0.812. The highest BCUT2D eigenvalue weighted by molar-refractivity contribution is 9.10. The number of pyridine rings is 2. The summed E-state index contributed by atoms with van der Waals surface area (Å²) in [4.78, 5) is 8.84. The topological polar surface area (TPSA) is 37.8 Å². The Labute approximate surface area is 122 Å². The highest BCUT2D eigenvalue weighted by Crippen LogP contribution is 2.26. The van der Waals surface area contributed by atoms with Crippen molar-refractivity contribution in [2.45, 2.75) is 32.1 Å². The highest BCUT2D eigenvalue weighted by Gasteiger charge is 2.13. The van der Waals surface area contributed by atoms with Crippen molar-refractivity contribution in [2.75, 3.05) is 11.9 Å². The predicted octanol–water partition coefficient (Wildman–Crippen LogP) is 4.38. The van der Waals surface area contributed by atoms with Gasteiger partial charge in [-0.1, -0.05) is 19.3 Å². The number of rotatable bonds is 3. The number of halogens is 1. The van der Waals surface area contributed by atoms with E-state index in [0.29, 0.717) is 0 Å². The Morgan fingerprint density at radius 3 is 2.89 bits per heavy atom. The van der Waals surface area contributed by atoms with E-state index in [4.69, 9.17) is 0 Å². The Kier molecular flexibility index (Phi) is 3.97. The summed E-state index contributed by atoms with van der Waals surface area (Å²) < 4.78 is 0.969. The van der Waals surface area contributed by atoms with Crippen molar-refractivity contribution >= 4 is 32.7 Å². The van der Waals surface area contributed by atoms with Gasteiger partial charge in [0.15, 0.2) is 0 Å². The van der Waals surface area contributed by atoms with Gasteiger partial charge in [0.25, 0.3) is 0 Å². The van der Waals surface area contributed by atoms with Crippen LogP contribution in [0.2, 0.25) is 0 Å². The van der Waals surface area contributed by atoms with E-state index in [9.17, 15) is 0 Å². The second-order valence-corrected chi connectivity index (χ2v) is 6.18. The van der Waals surface area contributed by atoms with Crippen LogP contribution in [0.25, 0.3) is 11.0 Å². The Hall–Kier alpha value is -1.16. The number of nitrogens with zero attached hydrogens (tertiary/aromatic N) is 2. The maximum absolute atomic E-state index is 4.47. The number of hydrogen-bond donors (Lipinski definition) is 1. The molecule has 0 amide bonds. The summed E-state index contributed by atoms with van der Waals surface area (Å²) in [5, 5.41) is 3.56. The van der Waals surface area contributed by atoms with Gasteiger partial charge < -0.3 is 5.32 Å². The summed E-state index contributed by atoms with van der Waals surface area (Å²) in [5.41, 5.74) is 2.99. The molecule has 1 N–H and O–H groups in total. The molecular formula is C15H18BrN3. The smallest absolute Gasteiger partial charge is 0.112 e. The van der Waals surface area contributed by atoms with E-state index in [-0.39, 0.29) is 0 Å². The van der Waals surface area contributed by atoms with Gasteiger partial charge in [-0.25, -0.2) is 0 Å². The molecule has 19 heavy (non-hydrogen) atoms. The number of anilines is 1. The van der Waals surface area contributed by atoms with Gasteiger partial charge in [0, 0.05) is 23.4 Å². The second kappa shape index (κ2) is 5.87. The fraction of sp³-hybridized carbons (Fsp3) is 0.467. The Bertz CT molecular complexity index is 564. The molecule has 100 valence electrons. The molecule has 1 aliphatic rings. The monoisotopic (exact) mass is 319 g/mol. The van der Waals surface area contributed by atoms with Crippen molar-refractivity contribution in [1.29, 1.82) is 0 Å². The third-order valence-corrected chi connectivity index (χ3v) is 4.28. The number of hydrogen-bond acceptors (Lipinski definition) is 3. The van der Waals surface area contributed by atoms with Gasteiger partial charge in [0.1, 0.15) is 5.52 Å². The van der Waals surface area contributed by atoms with E-state index < -0.39 is 0 Å². The van der Waals surface area contributed by atoms with Crippen LogP contribution in [0.1, 0.15) is 32.1 Å². The SMILES string of the molecule is Brc1cnc2c(NCC3CCCCC3)ccnc2c1. The van der Waals surface area contributed by atoms with Gasteiger partial charge in [0.05, 0.1) is 11.2 Å². The molecule has 0 spiro atoms. The third kappa shape index (κ3) is 3.06. The Balaban J connectivity index is 1.76. The maximum Gasteiger partial charge on any atom is 0.112 e. The fourth-order valence-electron chi connectivity index (χ4n) is 2.79. The van der Waals surface area contributed by atoms with Crippen LogP contribution in [0.4, 0.5) is 5.69 Å². The lowest BCUT2D eigenvalue weighted by molar-refractivity contribution is 0.373. The molecule has 1 fully saturated rings. The fourth-order valence-corrected chi connectivity index (χ4v) is 3.11. The molecule has 2 aromatic rings. The minimum atomic E-state index is 0.812. The van der Waals surface area contributed by atoms with Gasteiger partial charge in [0.2, 0.25) is 0 Å².